The van der Waals surface area contributed by atoms with E-state index in [2.05, 4.69) is 0 Å². The summed E-state index contributed by atoms with van der Waals surface area (Å²) in [5.74, 6) is 0.496. The van der Waals surface area contributed by atoms with Crippen molar-refractivity contribution >= 4 is 20.6 Å². The van der Waals surface area contributed by atoms with E-state index in [0.29, 0.717) is 77.9 Å². The summed E-state index contributed by atoms with van der Waals surface area (Å²) in [7, 11) is -2.67. The maximum atomic E-state index is 10.5. The molecule has 1 N–H and O–H groups in total. The van der Waals surface area contributed by atoms with Gasteiger partial charge in [0.1, 0.15) is 12.2 Å². The van der Waals surface area contributed by atoms with Crippen molar-refractivity contribution in [1.29, 1.82) is 0 Å². The van der Waals surface area contributed by atoms with Crippen LogP contribution in [0.25, 0.3) is 0 Å². The van der Waals surface area contributed by atoms with Crippen LogP contribution in [0.5, 0.6) is 0 Å². The molecule has 0 radical (unpaired) electrons. The number of hydrogen-bond acceptors (Lipinski definition) is 12. The first-order valence-corrected chi connectivity index (χ1v) is 16.9. The molecule has 0 amide bonds. The molecule has 0 aromatic rings. The molecule has 0 aromatic heterocycles. The van der Waals surface area contributed by atoms with Crippen molar-refractivity contribution in [1.82, 2.24) is 0 Å². The second kappa shape index (κ2) is 20.1. The van der Waals surface area contributed by atoms with Crippen LogP contribution < -0.4 is 0 Å². The Morgan fingerprint density at radius 3 is 1.71 bits per heavy atom. The van der Waals surface area contributed by atoms with Gasteiger partial charge in [-0.3, -0.25) is 0 Å². The normalized spacial score (nSPS) is 26.4. The number of aliphatic hydroxyl groups is 1. The molecule has 1 unspecified atom stereocenters. The van der Waals surface area contributed by atoms with Crippen molar-refractivity contribution in [3.05, 3.63) is 0 Å². The van der Waals surface area contributed by atoms with Gasteiger partial charge in [-0.1, -0.05) is 0 Å². The predicted molar refractivity (Wildman–Crippen MR) is 145 cm³/mol. The zero-order valence-corrected chi connectivity index (χ0v) is 25.6. The summed E-state index contributed by atoms with van der Waals surface area (Å²) in [5.41, 5.74) is 0. The highest BCUT2D eigenvalue weighted by Crippen LogP contribution is 2.20. The molecule has 0 saturated carbocycles. The van der Waals surface area contributed by atoms with E-state index in [1.807, 2.05) is 34.6 Å². The third-order valence-electron chi connectivity index (χ3n) is 5.80. The monoisotopic (exact) mass is 586 g/mol. The van der Waals surface area contributed by atoms with E-state index in [1.165, 1.54) is 0 Å². The lowest BCUT2D eigenvalue weighted by Crippen LogP contribution is -2.46. The Labute approximate surface area is 233 Å². The molecule has 2 heterocycles. The Hall–Kier alpha value is 0.127. The highest BCUT2D eigenvalue weighted by atomic mass is 32.2. The number of aliphatic hydroxyl groups excluding tert-OH is 1. The highest BCUT2D eigenvalue weighted by molar-refractivity contribution is 8.00. The van der Waals surface area contributed by atoms with Crippen LogP contribution in [0.15, 0.2) is 0 Å². The van der Waals surface area contributed by atoms with Crippen LogP contribution in [0, 0.1) is 0 Å². The van der Waals surface area contributed by atoms with Gasteiger partial charge in [0, 0.05) is 38.2 Å². The Bertz CT molecular complexity index is 534. The first kappa shape index (κ1) is 34.3. The molecule has 2 aliphatic heterocycles. The zero-order valence-electron chi connectivity index (χ0n) is 23.8. The second-order valence-electron chi connectivity index (χ2n) is 9.15. The van der Waals surface area contributed by atoms with Crippen LogP contribution in [0.3, 0.4) is 0 Å². The Balaban J connectivity index is 1.71. The molecular formula is C25H50O11SSi. The second-order valence-corrected chi connectivity index (χ2v) is 13.2. The fourth-order valence-electron chi connectivity index (χ4n) is 3.89. The van der Waals surface area contributed by atoms with Crippen LogP contribution >= 0.6 is 11.8 Å². The maximum absolute atomic E-state index is 10.5. The van der Waals surface area contributed by atoms with Gasteiger partial charge in [0.25, 0.3) is 0 Å². The van der Waals surface area contributed by atoms with Crippen molar-refractivity contribution in [2.75, 3.05) is 78.4 Å². The minimum atomic E-state index is -2.67. The lowest BCUT2D eigenvalue weighted by Gasteiger charge is -2.30. The fourth-order valence-corrected chi connectivity index (χ4v) is 7.41. The molecule has 2 rings (SSSR count). The number of ether oxygens (including phenoxy) is 7. The molecule has 0 spiro atoms. The standard InChI is InChI=1S/C25H50O11SSi/c1-6-34-38(35-7-2,36-8-3)11-9-10-27-12-22(26)19-37-25(17-32-23-13-28-20(4)29-14-23)18-33-24-15-30-21(5)31-16-24/h20-26H,6-19H2,1-5H3. The Morgan fingerprint density at radius 2 is 1.26 bits per heavy atom. The highest BCUT2D eigenvalue weighted by Gasteiger charge is 2.39. The van der Waals surface area contributed by atoms with Gasteiger partial charge < -0.3 is 51.5 Å². The number of rotatable bonds is 21. The molecule has 13 heteroatoms. The van der Waals surface area contributed by atoms with E-state index in [1.54, 1.807) is 11.8 Å². The minimum absolute atomic E-state index is 0.0125. The third-order valence-corrected chi connectivity index (χ3v) is 10.3. The van der Waals surface area contributed by atoms with Crippen LogP contribution in [0.2, 0.25) is 6.04 Å². The minimum Gasteiger partial charge on any atom is -0.390 e. The van der Waals surface area contributed by atoms with Gasteiger partial charge in [-0.05, 0) is 41.0 Å². The van der Waals surface area contributed by atoms with E-state index in [9.17, 15) is 5.11 Å². The number of hydrogen-bond donors (Lipinski definition) is 1. The maximum Gasteiger partial charge on any atom is 0.501 e. The van der Waals surface area contributed by atoms with Crippen molar-refractivity contribution in [2.45, 2.75) is 83.2 Å². The third kappa shape index (κ3) is 14.2. The molecule has 11 nitrogen and oxygen atoms in total. The van der Waals surface area contributed by atoms with E-state index < -0.39 is 14.9 Å². The van der Waals surface area contributed by atoms with Gasteiger partial charge in [-0.2, -0.15) is 11.8 Å². The molecular weight excluding hydrogens is 536 g/mol. The molecule has 1 atom stereocenters. The van der Waals surface area contributed by atoms with E-state index >= 15 is 0 Å². The average molecular weight is 587 g/mol. The van der Waals surface area contributed by atoms with Crippen molar-refractivity contribution < 1.29 is 51.5 Å². The Kier molecular flexibility index (Phi) is 18.1. The van der Waals surface area contributed by atoms with Gasteiger partial charge in [-0.25, -0.2) is 0 Å². The molecule has 0 aliphatic carbocycles. The van der Waals surface area contributed by atoms with Crippen LogP contribution in [0.4, 0.5) is 0 Å². The molecule has 226 valence electrons. The van der Waals surface area contributed by atoms with Gasteiger partial charge >= 0.3 is 8.80 Å². The van der Waals surface area contributed by atoms with E-state index in [4.69, 9.17) is 46.4 Å². The van der Waals surface area contributed by atoms with Gasteiger partial charge in [0.05, 0.1) is 57.6 Å². The summed E-state index contributed by atoms with van der Waals surface area (Å²) < 4.78 is 57.5. The van der Waals surface area contributed by atoms with Gasteiger partial charge in [-0.15, -0.1) is 0 Å². The number of thioether (sulfide) groups is 1. The molecule has 0 bridgehead atoms. The lowest BCUT2D eigenvalue weighted by atomic mass is 10.3. The molecule has 2 aliphatic rings. The first-order chi connectivity index (χ1) is 18.4. The fraction of sp³-hybridized carbons (Fsp3) is 1.00. The molecule has 0 aromatic carbocycles. The summed E-state index contributed by atoms with van der Waals surface area (Å²) in [6.07, 6.45) is -0.521. The van der Waals surface area contributed by atoms with Crippen LogP contribution in [-0.2, 0) is 46.4 Å². The van der Waals surface area contributed by atoms with Crippen molar-refractivity contribution in [3.8, 4) is 0 Å². The average Bonchev–Trinajstić information content (AvgIpc) is 2.90. The van der Waals surface area contributed by atoms with Crippen LogP contribution in [-0.4, -0.2) is 128 Å². The quantitative estimate of drug-likeness (QED) is 0.157. The van der Waals surface area contributed by atoms with Crippen LogP contribution in [0.1, 0.15) is 41.0 Å². The zero-order chi connectivity index (χ0) is 27.6. The van der Waals surface area contributed by atoms with E-state index in [-0.39, 0.29) is 36.6 Å². The Morgan fingerprint density at radius 1 is 0.789 bits per heavy atom. The summed E-state index contributed by atoms with van der Waals surface area (Å²) >= 11 is 1.60. The smallest absolute Gasteiger partial charge is 0.390 e. The lowest BCUT2D eigenvalue weighted by molar-refractivity contribution is -0.222. The predicted octanol–water partition coefficient (Wildman–Crippen LogP) is 2.46. The molecule has 2 fully saturated rings. The van der Waals surface area contributed by atoms with Gasteiger partial charge in [0.15, 0.2) is 12.6 Å². The summed E-state index contributed by atoms with van der Waals surface area (Å²) in [6.45, 7) is 14.9. The largest absolute Gasteiger partial charge is 0.501 e. The topological polar surface area (TPSA) is 113 Å². The van der Waals surface area contributed by atoms with Crippen molar-refractivity contribution in [3.63, 3.8) is 0 Å². The molecule has 38 heavy (non-hydrogen) atoms. The van der Waals surface area contributed by atoms with Crippen molar-refractivity contribution in [2.24, 2.45) is 0 Å². The molecule has 2 saturated heterocycles. The summed E-state index contributed by atoms with van der Waals surface area (Å²) in [6, 6.07) is 0.685. The summed E-state index contributed by atoms with van der Waals surface area (Å²) in [5, 5.41) is 10.5. The SMILES string of the molecule is CCO[Si](CCCOCC(O)CSC(COC1COC(C)OC1)COC1COC(C)OC1)(OCC)OCC. The first-order valence-electron chi connectivity index (χ1n) is 13.9. The van der Waals surface area contributed by atoms with Gasteiger partial charge in [0.2, 0.25) is 0 Å². The van der Waals surface area contributed by atoms with E-state index in [0.717, 1.165) is 6.42 Å². The summed E-state index contributed by atoms with van der Waals surface area (Å²) in [4.78, 5) is 0.